The summed E-state index contributed by atoms with van der Waals surface area (Å²) in [5.41, 5.74) is 0.808. The van der Waals surface area contributed by atoms with Crippen LogP contribution in [-0.4, -0.2) is 11.2 Å². The van der Waals surface area contributed by atoms with E-state index in [0.717, 1.165) is 21.4 Å². The first kappa shape index (κ1) is 17.2. The van der Waals surface area contributed by atoms with Crippen LogP contribution in [0.25, 0.3) is 10.8 Å². The molecule has 0 aliphatic heterocycles. The first-order valence-electron chi connectivity index (χ1n) is 7.45. The number of benzene rings is 3. The third-order valence-corrected chi connectivity index (χ3v) is 5.45. The highest BCUT2D eigenvalue weighted by Crippen LogP contribution is 2.33. The van der Waals surface area contributed by atoms with E-state index >= 15 is 0 Å². The molecule has 1 atom stereocenters. The van der Waals surface area contributed by atoms with Gasteiger partial charge in [-0.25, -0.2) is 0 Å². The minimum absolute atomic E-state index is 0.0765. The highest BCUT2D eigenvalue weighted by molar-refractivity contribution is 8.00. The first-order chi connectivity index (χ1) is 11.5. The Hall–Kier alpha value is -1.68. The van der Waals surface area contributed by atoms with Gasteiger partial charge in [0.1, 0.15) is 0 Å². The molecule has 5 heteroatoms. The van der Waals surface area contributed by atoms with E-state index in [1.54, 1.807) is 18.2 Å². The van der Waals surface area contributed by atoms with Gasteiger partial charge in [-0.05, 0) is 36.6 Å². The molecule has 122 valence electrons. The Morgan fingerprint density at radius 3 is 2.62 bits per heavy atom. The number of rotatable bonds is 4. The number of fused-ring (bicyclic) bond motifs is 1. The van der Waals surface area contributed by atoms with Gasteiger partial charge in [0, 0.05) is 21.0 Å². The maximum Gasteiger partial charge on any atom is 0.237 e. The van der Waals surface area contributed by atoms with Gasteiger partial charge in [0.05, 0.1) is 10.3 Å². The van der Waals surface area contributed by atoms with Crippen molar-refractivity contribution in [2.75, 3.05) is 5.32 Å². The monoisotopic (exact) mass is 375 g/mol. The Bertz CT molecular complexity index is 892. The van der Waals surface area contributed by atoms with Gasteiger partial charge < -0.3 is 5.32 Å². The minimum atomic E-state index is -0.306. The Morgan fingerprint density at radius 2 is 1.79 bits per heavy atom. The lowest BCUT2D eigenvalue weighted by atomic mass is 10.1. The van der Waals surface area contributed by atoms with Crippen LogP contribution in [0.4, 0.5) is 5.69 Å². The lowest BCUT2D eigenvalue weighted by molar-refractivity contribution is -0.115. The van der Waals surface area contributed by atoms with Crippen molar-refractivity contribution in [3.05, 3.63) is 70.7 Å². The molecule has 0 fully saturated rings. The molecule has 3 aromatic carbocycles. The van der Waals surface area contributed by atoms with Crippen molar-refractivity contribution < 1.29 is 4.79 Å². The summed E-state index contributed by atoms with van der Waals surface area (Å²) >= 11 is 13.6. The summed E-state index contributed by atoms with van der Waals surface area (Å²) in [5, 5.41) is 6.00. The number of nitrogens with one attached hydrogen (secondary N) is 1. The zero-order valence-corrected chi connectivity index (χ0v) is 15.3. The van der Waals surface area contributed by atoms with E-state index in [9.17, 15) is 4.79 Å². The van der Waals surface area contributed by atoms with Crippen molar-refractivity contribution in [1.29, 1.82) is 0 Å². The second-order valence-corrected chi connectivity index (χ2v) is 7.58. The molecule has 2 nitrogen and oxygen atoms in total. The van der Waals surface area contributed by atoms with Crippen LogP contribution in [0.3, 0.4) is 0 Å². The molecule has 3 aromatic rings. The molecule has 0 aromatic heterocycles. The van der Waals surface area contributed by atoms with Crippen LogP contribution in [0, 0.1) is 0 Å². The highest BCUT2D eigenvalue weighted by Gasteiger charge is 2.17. The first-order valence-corrected chi connectivity index (χ1v) is 9.08. The summed E-state index contributed by atoms with van der Waals surface area (Å²) in [6.07, 6.45) is 0. The van der Waals surface area contributed by atoms with E-state index < -0.39 is 0 Å². The molecule has 0 aliphatic rings. The molecule has 0 heterocycles. The second-order valence-electron chi connectivity index (χ2n) is 5.35. The molecular weight excluding hydrogens is 361 g/mol. The van der Waals surface area contributed by atoms with Crippen molar-refractivity contribution in [3.8, 4) is 0 Å². The maximum atomic E-state index is 12.5. The smallest absolute Gasteiger partial charge is 0.237 e. The van der Waals surface area contributed by atoms with Gasteiger partial charge in [0.15, 0.2) is 0 Å². The van der Waals surface area contributed by atoms with Crippen molar-refractivity contribution in [2.45, 2.75) is 17.1 Å². The molecule has 0 spiro atoms. The van der Waals surface area contributed by atoms with E-state index in [4.69, 9.17) is 23.2 Å². The largest absolute Gasteiger partial charge is 0.325 e. The van der Waals surface area contributed by atoms with E-state index in [1.165, 1.54) is 11.8 Å². The fourth-order valence-electron chi connectivity index (χ4n) is 2.38. The SMILES string of the molecule is C[C@@H](Sc1cc(Cl)ccc1Cl)C(=O)Nc1cccc2ccccc12. The van der Waals surface area contributed by atoms with Crippen LogP contribution in [0.2, 0.25) is 10.0 Å². The molecule has 0 aliphatic carbocycles. The second kappa shape index (κ2) is 7.47. The van der Waals surface area contributed by atoms with Gasteiger partial charge in [-0.3, -0.25) is 4.79 Å². The third kappa shape index (κ3) is 3.86. The molecule has 0 bridgehead atoms. The number of thioether (sulfide) groups is 1. The average molecular weight is 376 g/mol. The summed E-state index contributed by atoms with van der Waals surface area (Å²) in [4.78, 5) is 13.3. The number of hydrogen-bond donors (Lipinski definition) is 1. The number of halogens is 2. The molecule has 24 heavy (non-hydrogen) atoms. The summed E-state index contributed by atoms with van der Waals surface area (Å²) in [7, 11) is 0. The normalized spacial score (nSPS) is 12.1. The lowest BCUT2D eigenvalue weighted by Crippen LogP contribution is -2.22. The summed E-state index contributed by atoms with van der Waals surface area (Å²) in [5.74, 6) is -0.0765. The highest BCUT2D eigenvalue weighted by atomic mass is 35.5. The summed E-state index contributed by atoms with van der Waals surface area (Å²) in [6, 6.07) is 19.1. The molecular formula is C19H15Cl2NOS. The molecule has 3 rings (SSSR count). The van der Waals surface area contributed by atoms with Gasteiger partial charge >= 0.3 is 0 Å². The van der Waals surface area contributed by atoms with E-state index in [0.29, 0.717) is 10.0 Å². The zero-order chi connectivity index (χ0) is 17.1. The number of hydrogen-bond acceptors (Lipinski definition) is 2. The van der Waals surface area contributed by atoms with Crippen LogP contribution in [-0.2, 0) is 4.79 Å². The minimum Gasteiger partial charge on any atom is -0.325 e. The summed E-state index contributed by atoms with van der Waals surface area (Å²) < 4.78 is 0. The Morgan fingerprint density at radius 1 is 1.04 bits per heavy atom. The molecule has 0 radical (unpaired) electrons. The Kier molecular flexibility index (Phi) is 5.34. The topological polar surface area (TPSA) is 29.1 Å². The van der Waals surface area contributed by atoms with Crippen LogP contribution in [0.1, 0.15) is 6.92 Å². The van der Waals surface area contributed by atoms with Gasteiger partial charge in [0.25, 0.3) is 0 Å². The quantitative estimate of drug-likeness (QED) is 0.544. The maximum absolute atomic E-state index is 12.5. The average Bonchev–Trinajstić information content (AvgIpc) is 2.58. The van der Waals surface area contributed by atoms with Gasteiger partial charge in [-0.2, -0.15) is 0 Å². The third-order valence-electron chi connectivity index (χ3n) is 3.61. The molecule has 1 N–H and O–H groups in total. The number of amides is 1. The van der Waals surface area contributed by atoms with E-state index in [2.05, 4.69) is 5.32 Å². The van der Waals surface area contributed by atoms with E-state index in [1.807, 2.05) is 49.4 Å². The fourth-order valence-corrected chi connectivity index (χ4v) is 3.79. The molecule has 1 amide bonds. The molecule has 0 saturated heterocycles. The van der Waals surface area contributed by atoms with Gasteiger partial charge in [-0.1, -0.05) is 59.6 Å². The van der Waals surface area contributed by atoms with Crippen LogP contribution in [0.15, 0.2) is 65.6 Å². The number of carbonyl (C=O) groups excluding carboxylic acids is 1. The van der Waals surface area contributed by atoms with Crippen LogP contribution >= 0.6 is 35.0 Å². The van der Waals surface area contributed by atoms with E-state index in [-0.39, 0.29) is 11.2 Å². The summed E-state index contributed by atoms with van der Waals surface area (Å²) in [6.45, 7) is 1.85. The predicted octanol–water partition coefficient (Wildman–Crippen LogP) is 6.27. The van der Waals surface area contributed by atoms with Crippen molar-refractivity contribution in [2.24, 2.45) is 0 Å². The van der Waals surface area contributed by atoms with Crippen molar-refractivity contribution >= 4 is 57.3 Å². The van der Waals surface area contributed by atoms with Crippen LogP contribution < -0.4 is 5.32 Å². The fraction of sp³-hybridized carbons (Fsp3) is 0.105. The predicted molar refractivity (Wildman–Crippen MR) is 104 cm³/mol. The lowest BCUT2D eigenvalue weighted by Gasteiger charge is -2.14. The molecule has 0 saturated carbocycles. The standard InChI is InChI=1S/C19H15Cl2NOS/c1-12(24-18-11-14(20)9-10-16(18)21)19(23)22-17-8-4-6-13-5-2-3-7-15(13)17/h2-12H,1H3,(H,22,23)/t12-/m1/s1. The van der Waals surface area contributed by atoms with Crippen LogP contribution in [0.5, 0.6) is 0 Å². The van der Waals surface area contributed by atoms with Crippen molar-refractivity contribution in [1.82, 2.24) is 0 Å². The Labute approximate surface area is 155 Å². The van der Waals surface area contributed by atoms with Gasteiger partial charge in [0.2, 0.25) is 5.91 Å². The van der Waals surface area contributed by atoms with Crippen molar-refractivity contribution in [3.63, 3.8) is 0 Å². The number of anilines is 1. The Balaban J connectivity index is 1.77. The number of carbonyl (C=O) groups is 1. The molecule has 0 unspecified atom stereocenters. The zero-order valence-electron chi connectivity index (χ0n) is 12.9. The van der Waals surface area contributed by atoms with Gasteiger partial charge in [-0.15, -0.1) is 11.8 Å².